The van der Waals surface area contributed by atoms with Crippen LogP contribution in [-0.2, 0) is 9.59 Å². The van der Waals surface area contributed by atoms with E-state index in [4.69, 9.17) is 20.8 Å². The van der Waals surface area contributed by atoms with Crippen LogP contribution in [0.25, 0.3) is 0 Å². The molecule has 2 aromatic rings. The van der Waals surface area contributed by atoms with E-state index in [1.807, 2.05) is 6.07 Å². The van der Waals surface area contributed by atoms with Crippen LogP contribution in [0.15, 0.2) is 52.3 Å². The van der Waals surface area contributed by atoms with E-state index >= 15 is 0 Å². The lowest BCUT2D eigenvalue weighted by Gasteiger charge is -2.37. The number of Topliss-reactive ketones (excluding diaryl/α,β-unsaturated/α-hetero) is 1. The van der Waals surface area contributed by atoms with E-state index < -0.39 is 0 Å². The van der Waals surface area contributed by atoms with Crippen molar-refractivity contribution in [3.63, 3.8) is 0 Å². The summed E-state index contributed by atoms with van der Waals surface area (Å²) >= 11 is 6.25. The molecular weight excluding hydrogens is 354 g/mol. The number of ether oxygens (including phenoxy) is 1. The van der Waals surface area contributed by atoms with Gasteiger partial charge in [-0.15, -0.1) is 0 Å². The minimum atomic E-state index is -0.315. The van der Waals surface area contributed by atoms with Gasteiger partial charge in [0.15, 0.2) is 5.78 Å². The molecule has 0 saturated heterocycles. The number of ketones is 1. The number of halogens is 1. The number of rotatable bonds is 3. The zero-order chi connectivity index (χ0) is 18.3. The molecule has 1 aromatic heterocycles. The van der Waals surface area contributed by atoms with Crippen LogP contribution in [0.4, 0.5) is 5.69 Å². The number of methoxy groups -OCH3 is 1. The first kappa shape index (κ1) is 16.9. The second-order valence-corrected chi connectivity index (χ2v) is 6.86. The SMILES string of the molecule is COc1ccc(N2C(=O)CC(c3ccco3)C3=C2CCCC3=O)cc1Cl. The van der Waals surface area contributed by atoms with Crippen LogP contribution in [0.5, 0.6) is 5.75 Å². The maximum atomic E-state index is 13.0. The number of carbonyl (C=O) groups excluding carboxylic acids is 2. The summed E-state index contributed by atoms with van der Waals surface area (Å²) in [4.78, 5) is 27.3. The molecule has 0 N–H and O–H groups in total. The van der Waals surface area contributed by atoms with Crippen LogP contribution in [0, 0.1) is 0 Å². The van der Waals surface area contributed by atoms with E-state index in [2.05, 4.69) is 0 Å². The third kappa shape index (κ3) is 2.72. The van der Waals surface area contributed by atoms with E-state index in [9.17, 15) is 9.59 Å². The molecule has 1 unspecified atom stereocenters. The lowest BCUT2D eigenvalue weighted by molar-refractivity contribution is -0.120. The Morgan fingerprint density at radius 3 is 2.77 bits per heavy atom. The van der Waals surface area contributed by atoms with Gasteiger partial charge in [0, 0.05) is 24.1 Å². The Morgan fingerprint density at radius 1 is 1.23 bits per heavy atom. The monoisotopic (exact) mass is 371 g/mol. The molecule has 1 aliphatic heterocycles. The Kier molecular flexibility index (Phi) is 4.32. The highest BCUT2D eigenvalue weighted by Gasteiger charge is 2.40. The predicted octanol–water partition coefficient (Wildman–Crippen LogP) is 4.47. The first-order valence-corrected chi connectivity index (χ1v) is 8.94. The van der Waals surface area contributed by atoms with Crippen molar-refractivity contribution in [2.75, 3.05) is 12.0 Å². The third-order valence-electron chi connectivity index (χ3n) is 4.96. The summed E-state index contributed by atoms with van der Waals surface area (Å²) in [7, 11) is 1.54. The van der Waals surface area contributed by atoms with Crippen molar-refractivity contribution in [3.05, 3.63) is 58.6 Å². The first-order chi connectivity index (χ1) is 12.6. The number of hydrogen-bond acceptors (Lipinski definition) is 4. The number of carbonyl (C=O) groups is 2. The fourth-order valence-corrected chi connectivity index (χ4v) is 4.07. The normalized spacial score (nSPS) is 20.4. The first-order valence-electron chi connectivity index (χ1n) is 8.56. The fourth-order valence-electron chi connectivity index (χ4n) is 3.82. The van der Waals surface area contributed by atoms with E-state index in [1.54, 1.807) is 42.5 Å². The van der Waals surface area contributed by atoms with Crippen molar-refractivity contribution in [1.29, 1.82) is 0 Å². The molecular formula is C20H18ClNO4. The van der Waals surface area contributed by atoms with Crippen LogP contribution in [-0.4, -0.2) is 18.8 Å². The van der Waals surface area contributed by atoms with Gasteiger partial charge in [-0.05, 0) is 43.2 Å². The summed E-state index contributed by atoms with van der Waals surface area (Å²) < 4.78 is 10.7. The third-order valence-corrected chi connectivity index (χ3v) is 5.25. The lowest BCUT2D eigenvalue weighted by Crippen LogP contribution is -2.40. The van der Waals surface area contributed by atoms with Crippen molar-refractivity contribution in [1.82, 2.24) is 0 Å². The number of anilines is 1. The summed E-state index contributed by atoms with van der Waals surface area (Å²) in [5.41, 5.74) is 2.11. The molecule has 0 radical (unpaired) electrons. The number of nitrogens with zero attached hydrogens (tertiary/aromatic N) is 1. The van der Waals surface area contributed by atoms with Gasteiger partial charge in [0.05, 0.1) is 30.0 Å². The van der Waals surface area contributed by atoms with Crippen molar-refractivity contribution in [2.45, 2.75) is 31.6 Å². The molecule has 1 atom stereocenters. The number of hydrogen-bond donors (Lipinski definition) is 0. The standard InChI is InChI=1S/C20H18ClNO4/c1-25-18-8-7-12(10-14(18)21)22-15-4-2-5-16(23)20(15)13(11-19(22)24)17-6-3-9-26-17/h3,6-10,13H,2,4-5,11H2,1H3. The van der Waals surface area contributed by atoms with Gasteiger partial charge in [-0.3, -0.25) is 14.5 Å². The highest BCUT2D eigenvalue weighted by atomic mass is 35.5. The number of amides is 1. The van der Waals surface area contributed by atoms with Crippen molar-refractivity contribution >= 4 is 29.0 Å². The average Bonchev–Trinajstić information content (AvgIpc) is 3.15. The number of benzene rings is 1. The maximum Gasteiger partial charge on any atom is 0.232 e. The Labute approximate surface area is 156 Å². The summed E-state index contributed by atoms with van der Waals surface area (Å²) in [5.74, 6) is 0.909. The molecule has 134 valence electrons. The maximum absolute atomic E-state index is 13.0. The minimum Gasteiger partial charge on any atom is -0.495 e. The molecule has 6 heteroatoms. The predicted molar refractivity (Wildman–Crippen MR) is 97.4 cm³/mol. The Morgan fingerprint density at radius 2 is 2.08 bits per heavy atom. The summed E-state index contributed by atoms with van der Waals surface area (Å²) in [6, 6.07) is 8.83. The number of allylic oxidation sites excluding steroid dienone is 2. The molecule has 4 rings (SSSR count). The Bertz CT molecular complexity index is 901. The fraction of sp³-hybridized carbons (Fsp3) is 0.300. The molecule has 0 fully saturated rings. The van der Waals surface area contributed by atoms with E-state index in [0.717, 1.165) is 12.1 Å². The molecule has 26 heavy (non-hydrogen) atoms. The molecule has 1 aromatic carbocycles. The van der Waals surface area contributed by atoms with Crippen LogP contribution >= 0.6 is 11.6 Å². The molecule has 0 saturated carbocycles. The summed E-state index contributed by atoms with van der Waals surface area (Å²) in [6.45, 7) is 0. The van der Waals surface area contributed by atoms with Crippen LogP contribution in [0.2, 0.25) is 5.02 Å². The summed E-state index contributed by atoms with van der Waals surface area (Å²) in [6.07, 6.45) is 3.68. The van der Waals surface area contributed by atoms with E-state index in [-0.39, 0.29) is 24.0 Å². The van der Waals surface area contributed by atoms with Crippen LogP contribution in [0.3, 0.4) is 0 Å². The minimum absolute atomic E-state index is 0.0684. The van der Waals surface area contributed by atoms with Crippen LogP contribution < -0.4 is 9.64 Å². The van der Waals surface area contributed by atoms with Gasteiger partial charge in [-0.1, -0.05) is 11.6 Å². The summed E-state index contributed by atoms with van der Waals surface area (Å²) in [5, 5.41) is 0.426. The molecule has 0 bridgehead atoms. The second-order valence-electron chi connectivity index (χ2n) is 6.46. The smallest absolute Gasteiger partial charge is 0.232 e. The quantitative estimate of drug-likeness (QED) is 0.798. The average molecular weight is 372 g/mol. The van der Waals surface area contributed by atoms with Gasteiger partial charge < -0.3 is 9.15 Å². The van der Waals surface area contributed by atoms with Crippen molar-refractivity contribution in [3.8, 4) is 5.75 Å². The molecule has 1 aliphatic carbocycles. The lowest BCUT2D eigenvalue weighted by atomic mass is 9.79. The highest BCUT2D eigenvalue weighted by molar-refractivity contribution is 6.32. The molecule has 1 amide bonds. The van der Waals surface area contributed by atoms with Gasteiger partial charge >= 0.3 is 0 Å². The largest absolute Gasteiger partial charge is 0.495 e. The van der Waals surface area contributed by atoms with Gasteiger partial charge in [-0.25, -0.2) is 0 Å². The van der Waals surface area contributed by atoms with Gasteiger partial charge in [0.25, 0.3) is 0 Å². The Hall–Kier alpha value is -2.53. The van der Waals surface area contributed by atoms with Crippen molar-refractivity contribution < 1.29 is 18.7 Å². The van der Waals surface area contributed by atoms with E-state index in [1.165, 1.54) is 0 Å². The number of furan rings is 1. The molecule has 5 nitrogen and oxygen atoms in total. The van der Waals surface area contributed by atoms with Crippen molar-refractivity contribution in [2.24, 2.45) is 0 Å². The zero-order valence-corrected chi connectivity index (χ0v) is 15.1. The van der Waals surface area contributed by atoms with Gasteiger partial charge in [0.1, 0.15) is 11.5 Å². The molecule has 2 heterocycles. The molecule has 2 aliphatic rings. The second kappa shape index (κ2) is 6.65. The molecule has 0 spiro atoms. The Balaban J connectivity index is 1.84. The highest BCUT2D eigenvalue weighted by Crippen LogP contribution is 2.44. The topological polar surface area (TPSA) is 59.8 Å². The van der Waals surface area contributed by atoms with Gasteiger partial charge in [-0.2, -0.15) is 0 Å². The van der Waals surface area contributed by atoms with E-state index in [0.29, 0.717) is 40.6 Å². The van der Waals surface area contributed by atoms with Gasteiger partial charge in [0.2, 0.25) is 5.91 Å². The van der Waals surface area contributed by atoms with Crippen LogP contribution in [0.1, 0.15) is 37.4 Å². The zero-order valence-electron chi connectivity index (χ0n) is 14.3.